The number of aromatic amines is 1. The predicted molar refractivity (Wildman–Crippen MR) is 128 cm³/mol. The molecule has 1 atom stereocenters. The van der Waals surface area contributed by atoms with Crippen molar-refractivity contribution in [2.45, 2.75) is 19.1 Å². The van der Waals surface area contributed by atoms with E-state index in [0.717, 1.165) is 10.6 Å². The number of hydrogen-bond acceptors (Lipinski definition) is 9. The second-order valence-electron chi connectivity index (χ2n) is 8.00. The zero-order valence-corrected chi connectivity index (χ0v) is 19.9. The molecule has 4 aromatic heterocycles. The number of aryl methyl sites for hydroxylation is 1. The van der Waals surface area contributed by atoms with Crippen molar-refractivity contribution in [2.24, 2.45) is 7.05 Å². The highest BCUT2D eigenvalue weighted by Crippen LogP contribution is 2.33. The lowest BCUT2D eigenvalue weighted by atomic mass is 10.1. The summed E-state index contributed by atoms with van der Waals surface area (Å²) in [4.78, 5) is 23.0. The van der Waals surface area contributed by atoms with Crippen LogP contribution in [0, 0.1) is 0 Å². The van der Waals surface area contributed by atoms with Crippen LogP contribution in [0.25, 0.3) is 28.0 Å². The predicted octanol–water partition coefficient (Wildman–Crippen LogP) is 3.12. The van der Waals surface area contributed by atoms with Crippen molar-refractivity contribution < 1.29 is 13.2 Å². The average molecular weight is 532 g/mol. The van der Waals surface area contributed by atoms with Crippen LogP contribution < -0.4 is 16.6 Å². The number of anilines is 2. The molecule has 1 unspecified atom stereocenters. The van der Waals surface area contributed by atoms with Crippen molar-refractivity contribution in [2.75, 3.05) is 11.1 Å². The van der Waals surface area contributed by atoms with Gasteiger partial charge in [0.2, 0.25) is 5.82 Å². The van der Waals surface area contributed by atoms with Gasteiger partial charge < -0.3 is 11.1 Å². The number of halogens is 4. The first-order valence-corrected chi connectivity index (χ1v) is 11.0. The van der Waals surface area contributed by atoms with Crippen LogP contribution in [0.2, 0.25) is 5.02 Å². The molecule has 1 aromatic carbocycles. The zero-order valence-electron chi connectivity index (χ0n) is 19.1. The molecule has 5 aromatic rings. The van der Waals surface area contributed by atoms with Crippen molar-refractivity contribution in [1.29, 1.82) is 0 Å². The molecule has 0 aliphatic rings. The number of H-pyrrole nitrogens is 1. The summed E-state index contributed by atoms with van der Waals surface area (Å²) in [6.07, 6.45) is -3.47. The topological polar surface area (TPSA) is 158 Å². The molecule has 4 heterocycles. The van der Waals surface area contributed by atoms with Gasteiger partial charge in [0.25, 0.3) is 5.56 Å². The molecule has 0 saturated heterocycles. The van der Waals surface area contributed by atoms with E-state index in [1.165, 1.54) is 17.2 Å². The minimum absolute atomic E-state index is 0.0718. The fourth-order valence-electron chi connectivity index (χ4n) is 3.86. The van der Waals surface area contributed by atoms with Gasteiger partial charge in [-0.25, -0.2) is 9.97 Å². The molecule has 5 rings (SSSR count). The number of fused-ring (bicyclic) bond motifs is 1. The summed E-state index contributed by atoms with van der Waals surface area (Å²) in [5.41, 5.74) is 4.84. The van der Waals surface area contributed by atoms with E-state index < -0.39 is 23.5 Å². The Kier molecular flexibility index (Phi) is 5.78. The molecular weight excluding hydrogens is 515 g/mol. The third-order valence-corrected chi connectivity index (χ3v) is 5.84. The van der Waals surface area contributed by atoms with Crippen molar-refractivity contribution >= 4 is 34.0 Å². The van der Waals surface area contributed by atoms with Gasteiger partial charge in [-0.1, -0.05) is 23.7 Å². The van der Waals surface area contributed by atoms with Gasteiger partial charge in [-0.3, -0.25) is 14.5 Å². The number of rotatable bonds is 5. The Morgan fingerprint density at radius 1 is 1.22 bits per heavy atom. The maximum absolute atomic E-state index is 13.6. The first kappa shape index (κ1) is 24.2. The fourth-order valence-corrected chi connectivity index (χ4v) is 4.12. The summed E-state index contributed by atoms with van der Waals surface area (Å²) in [6.45, 7) is 1.69. The van der Waals surface area contributed by atoms with E-state index >= 15 is 0 Å². The zero-order chi connectivity index (χ0) is 26.5. The van der Waals surface area contributed by atoms with Gasteiger partial charge in [0.05, 0.1) is 29.2 Å². The summed E-state index contributed by atoms with van der Waals surface area (Å²) in [7, 11) is 1.57. The van der Waals surface area contributed by atoms with E-state index in [0.29, 0.717) is 5.39 Å². The van der Waals surface area contributed by atoms with Crippen LogP contribution in [0.15, 0.2) is 41.5 Å². The lowest BCUT2D eigenvalue weighted by molar-refractivity contribution is -0.141. The van der Waals surface area contributed by atoms with E-state index in [9.17, 15) is 18.0 Å². The quantitative estimate of drug-likeness (QED) is 0.310. The van der Waals surface area contributed by atoms with Gasteiger partial charge in [0.1, 0.15) is 29.2 Å². The third-order valence-electron chi connectivity index (χ3n) is 5.53. The molecule has 0 radical (unpaired) electrons. The molecule has 12 nitrogen and oxygen atoms in total. The number of nitrogen functional groups attached to an aromatic ring is 1. The highest BCUT2D eigenvalue weighted by atomic mass is 35.5. The second kappa shape index (κ2) is 8.85. The Morgan fingerprint density at radius 2 is 2.00 bits per heavy atom. The van der Waals surface area contributed by atoms with Crippen molar-refractivity contribution in [3.63, 3.8) is 0 Å². The van der Waals surface area contributed by atoms with Crippen LogP contribution in [0.3, 0.4) is 0 Å². The van der Waals surface area contributed by atoms with Gasteiger partial charge in [0.15, 0.2) is 5.82 Å². The van der Waals surface area contributed by atoms with Gasteiger partial charge in [-0.05, 0) is 29.7 Å². The van der Waals surface area contributed by atoms with Gasteiger partial charge >= 0.3 is 6.18 Å². The van der Waals surface area contributed by atoms with Gasteiger partial charge in [0, 0.05) is 6.07 Å². The van der Waals surface area contributed by atoms with Crippen molar-refractivity contribution in [1.82, 2.24) is 44.9 Å². The number of alkyl halides is 3. The normalized spacial score (nSPS) is 12.7. The summed E-state index contributed by atoms with van der Waals surface area (Å²) < 4.78 is 40.9. The van der Waals surface area contributed by atoms with Gasteiger partial charge in [-0.2, -0.15) is 23.1 Å². The molecule has 0 aliphatic carbocycles. The van der Waals surface area contributed by atoms with Crippen LogP contribution in [-0.2, 0) is 13.2 Å². The summed E-state index contributed by atoms with van der Waals surface area (Å²) in [5.74, 6) is 0.180. The van der Waals surface area contributed by atoms with Crippen molar-refractivity contribution in [3.8, 4) is 17.2 Å². The Balaban J connectivity index is 1.68. The number of aromatic nitrogens is 9. The van der Waals surface area contributed by atoms with E-state index in [2.05, 4.69) is 35.8 Å². The molecule has 0 fully saturated rings. The second-order valence-corrected chi connectivity index (χ2v) is 8.41. The lowest BCUT2D eigenvalue weighted by Gasteiger charge is -2.21. The minimum Gasteiger partial charge on any atom is -0.383 e. The molecular formula is C21H17ClF3N11O. The number of pyridine rings is 1. The van der Waals surface area contributed by atoms with Crippen LogP contribution >= 0.6 is 11.6 Å². The maximum atomic E-state index is 13.6. The van der Waals surface area contributed by atoms with Crippen LogP contribution in [-0.4, -0.2) is 44.9 Å². The molecule has 0 saturated carbocycles. The summed E-state index contributed by atoms with van der Waals surface area (Å²) in [6, 6.07) is 6.52. The van der Waals surface area contributed by atoms with E-state index in [-0.39, 0.29) is 44.9 Å². The number of tetrazole rings is 1. The maximum Gasteiger partial charge on any atom is 0.432 e. The Labute approximate surface area is 210 Å². The number of nitrogens with zero attached hydrogens (tertiary/aromatic N) is 8. The largest absolute Gasteiger partial charge is 0.432 e. The molecule has 37 heavy (non-hydrogen) atoms. The number of nitrogens with one attached hydrogen (secondary N) is 2. The SMILES string of the molecule is CC(Nc1ncnc(N)c1-c1nnn(C)n1)c1cc2cccc(Cl)c2c(=O)n1-c1cc(C(F)(F)F)[nH]n1. The first-order valence-electron chi connectivity index (χ1n) is 10.6. The van der Waals surface area contributed by atoms with E-state index in [1.807, 2.05) is 5.10 Å². The van der Waals surface area contributed by atoms with Gasteiger partial charge in [-0.15, -0.1) is 10.2 Å². The minimum atomic E-state index is -4.69. The smallest absolute Gasteiger partial charge is 0.383 e. The summed E-state index contributed by atoms with van der Waals surface area (Å²) in [5, 5.41) is 21.5. The monoisotopic (exact) mass is 531 g/mol. The Morgan fingerprint density at radius 3 is 2.68 bits per heavy atom. The summed E-state index contributed by atoms with van der Waals surface area (Å²) >= 11 is 6.28. The third kappa shape index (κ3) is 4.33. The molecule has 0 bridgehead atoms. The van der Waals surface area contributed by atoms with Crippen LogP contribution in [0.4, 0.5) is 24.8 Å². The average Bonchev–Trinajstić information content (AvgIpc) is 3.48. The molecule has 190 valence electrons. The van der Waals surface area contributed by atoms with E-state index in [1.54, 1.807) is 32.2 Å². The molecule has 0 amide bonds. The Hall–Kier alpha value is -4.53. The molecule has 0 spiro atoms. The first-order chi connectivity index (χ1) is 17.5. The fraction of sp³-hybridized carbons (Fsp3) is 0.190. The highest BCUT2D eigenvalue weighted by molar-refractivity contribution is 6.35. The highest BCUT2D eigenvalue weighted by Gasteiger charge is 2.34. The Bertz CT molecular complexity index is 1690. The molecule has 0 aliphatic heterocycles. The lowest BCUT2D eigenvalue weighted by Crippen LogP contribution is -2.26. The number of benzene rings is 1. The van der Waals surface area contributed by atoms with Crippen LogP contribution in [0.5, 0.6) is 0 Å². The van der Waals surface area contributed by atoms with Crippen molar-refractivity contribution in [3.05, 3.63) is 63.4 Å². The van der Waals surface area contributed by atoms with Crippen LogP contribution in [0.1, 0.15) is 24.4 Å². The molecule has 16 heteroatoms. The standard InChI is InChI=1S/C21H17ClF3N11O/c1-9(29-18-16(17(26)27-8-28-18)19-32-34-35(2)33-19)12-6-10-4-3-5-11(22)15(10)20(37)36(12)14-7-13(30-31-14)21(23,24)25/h3-9H,1-2H3,(H,30,31)(H3,26,27,28,29). The molecule has 4 N–H and O–H groups in total. The van der Waals surface area contributed by atoms with E-state index in [4.69, 9.17) is 17.3 Å². The number of nitrogens with two attached hydrogens (primary N) is 1. The number of hydrogen-bond donors (Lipinski definition) is 3.